The van der Waals surface area contributed by atoms with Gasteiger partial charge in [0, 0.05) is 5.39 Å². The van der Waals surface area contributed by atoms with E-state index in [-0.39, 0.29) is 5.57 Å². The number of carbonyl (C=O) groups is 1. The van der Waals surface area contributed by atoms with E-state index in [1.807, 2.05) is 30.3 Å². The third kappa shape index (κ3) is 2.29. The van der Waals surface area contributed by atoms with Crippen LogP contribution >= 0.6 is 0 Å². The lowest BCUT2D eigenvalue weighted by molar-refractivity contribution is -0.132. The average Bonchev–Trinajstić information content (AvgIpc) is 2.35. The standard InChI is InChI=1S/C13H8N2O2/c14-8-10(13(16)17)7-11-6-5-9-3-1-2-4-12(9)15-11/h1-7H,(H,16,17)/b10-7+. The van der Waals surface area contributed by atoms with E-state index in [4.69, 9.17) is 10.4 Å². The molecule has 1 aromatic heterocycles. The number of fused-ring (bicyclic) bond motifs is 1. The molecule has 0 fully saturated rings. The summed E-state index contributed by atoms with van der Waals surface area (Å²) in [6.45, 7) is 0. The predicted octanol–water partition coefficient (Wildman–Crippen LogP) is 2.23. The number of pyridine rings is 1. The summed E-state index contributed by atoms with van der Waals surface area (Å²) < 4.78 is 0. The molecule has 0 aliphatic rings. The van der Waals surface area contributed by atoms with Gasteiger partial charge in [0.1, 0.15) is 11.6 Å². The number of hydrogen-bond acceptors (Lipinski definition) is 3. The van der Waals surface area contributed by atoms with Crippen LogP contribution in [-0.4, -0.2) is 16.1 Å². The van der Waals surface area contributed by atoms with Crippen LogP contribution in [0.5, 0.6) is 0 Å². The molecule has 2 rings (SSSR count). The second-order valence-corrected chi connectivity index (χ2v) is 3.40. The van der Waals surface area contributed by atoms with E-state index in [1.165, 1.54) is 6.08 Å². The Bertz CT molecular complexity index is 654. The zero-order valence-electron chi connectivity index (χ0n) is 8.79. The smallest absolute Gasteiger partial charge is 0.346 e. The number of carboxylic acid groups (broad SMARTS) is 1. The summed E-state index contributed by atoms with van der Waals surface area (Å²) in [5.74, 6) is -1.25. The van der Waals surface area contributed by atoms with Crippen molar-refractivity contribution in [2.45, 2.75) is 0 Å². The predicted molar refractivity (Wildman–Crippen MR) is 63.0 cm³/mol. The maximum absolute atomic E-state index is 10.7. The van der Waals surface area contributed by atoms with Crippen molar-refractivity contribution in [2.75, 3.05) is 0 Å². The lowest BCUT2D eigenvalue weighted by Gasteiger charge is -1.98. The van der Waals surface area contributed by atoms with E-state index >= 15 is 0 Å². The van der Waals surface area contributed by atoms with Gasteiger partial charge in [0.05, 0.1) is 11.2 Å². The van der Waals surface area contributed by atoms with E-state index in [1.54, 1.807) is 12.1 Å². The molecular weight excluding hydrogens is 216 g/mol. The Balaban J connectivity index is 2.51. The first-order valence-corrected chi connectivity index (χ1v) is 4.91. The molecule has 0 atom stereocenters. The molecule has 4 nitrogen and oxygen atoms in total. The van der Waals surface area contributed by atoms with E-state index in [0.29, 0.717) is 5.69 Å². The maximum Gasteiger partial charge on any atom is 0.346 e. The molecule has 0 aliphatic heterocycles. The zero-order valence-corrected chi connectivity index (χ0v) is 8.79. The van der Waals surface area contributed by atoms with Gasteiger partial charge in [-0.2, -0.15) is 5.26 Å². The Morgan fingerprint density at radius 3 is 2.76 bits per heavy atom. The zero-order chi connectivity index (χ0) is 12.3. The summed E-state index contributed by atoms with van der Waals surface area (Å²) in [5.41, 5.74) is 0.902. The molecule has 82 valence electrons. The first kappa shape index (κ1) is 10.8. The van der Waals surface area contributed by atoms with E-state index in [2.05, 4.69) is 4.98 Å². The highest BCUT2D eigenvalue weighted by molar-refractivity contribution is 5.96. The highest BCUT2D eigenvalue weighted by Gasteiger charge is 2.06. The van der Waals surface area contributed by atoms with Crippen molar-refractivity contribution in [2.24, 2.45) is 0 Å². The number of nitrogens with zero attached hydrogens (tertiary/aromatic N) is 2. The number of rotatable bonds is 2. The maximum atomic E-state index is 10.7. The van der Waals surface area contributed by atoms with Crippen LogP contribution < -0.4 is 0 Å². The van der Waals surface area contributed by atoms with Crippen LogP contribution in [0.15, 0.2) is 42.0 Å². The van der Waals surface area contributed by atoms with Gasteiger partial charge in [-0.1, -0.05) is 24.3 Å². The van der Waals surface area contributed by atoms with Gasteiger partial charge in [0.15, 0.2) is 0 Å². The van der Waals surface area contributed by atoms with Crippen LogP contribution in [0.4, 0.5) is 0 Å². The molecule has 1 heterocycles. The SMILES string of the molecule is N#C/C(=C\c1ccc2ccccc2n1)C(=O)O. The van der Waals surface area contributed by atoms with Crippen LogP contribution in [0.3, 0.4) is 0 Å². The molecule has 0 saturated heterocycles. The molecule has 17 heavy (non-hydrogen) atoms. The quantitative estimate of drug-likeness (QED) is 0.627. The number of carboxylic acids is 1. The Morgan fingerprint density at radius 2 is 2.06 bits per heavy atom. The van der Waals surface area contributed by atoms with Crippen LogP contribution in [0.1, 0.15) is 5.69 Å². The van der Waals surface area contributed by atoms with Gasteiger partial charge >= 0.3 is 5.97 Å². The summed E-state index contributed by atoms with van der Waals surface area (Å²) in [6.07, 6.45) is 1.26. The van der Waals surface area contributed by atoms with Crippen LogP contribution in [-0.2, 0) is 4.79 Å². The van der Waals surface area contributed by atoms with Crippen molar-refractivity contribution < 1.29 is 9.90 Å². The van der Waals surface area contributed by atoms with Crippen molar-refractivity contribution in [1.82, 2.24) is 4.98 Å². The summed E-state index contributed by atoms with van der Waals surface area (Å²) in [5, 5.41) is 18.3. The first-order valence-electron chi connectivity index (χ1n) is 4.91. The van der Waals surface area contributed by atoms with Gasteiger partial charge in [-0.05, 0) is 18.2 Å². The van der Waals surface area contributed by atoms with Crippen LogP contribution in [0.25, 0.3) is 17.0 Å². The molecule has 0 unspecified atom stereocenters. The first-order chi connectivity index (χ1) is 8.20. The fourth-order valence-corrected chi connectivity index (χ4v) is 1.45. The van der Waals surface area contributed by atoms with Crippen molar-refractivity contribution in [3.8, 4) is 6.07 Å². The van der Waals surface area contributed by atoms with Gasteiger partial charge in [0.2, 0.25) is 0 Å². The third-order valence-corrected chi connectivity index (χ3v) is 2.26. The topological polar surface area (TPSA) is 74.0 Å². The van der Waals surface area contributed by atoms with Crippen LogP contribution in [0.2, 0.25) is 0 Å². The Kier molecular flexibility index (Phi) is 2.84. The average molecular weight is 224 g/mol. The highest BCUT2D eigenvalue weighted by Crippen LogP contribution is 2.13. The minimum Gasteiger partial charge on any atom is -0.477 e. The molecule has 4 heteroatoms. The monoisotopic (exact) mass is 224 g/mol. The summed E-state index contributed by atoms with van der Waals surface area (Å²) in [6, 6.07) is 12.6. The number of nitriles is 1. The normalized spacial score (nSPS) is 11.1. The molecule has 0 bridgehead atoms. The molecule has 0 amide bonds. The van der Waals surface area contributed by atoms with Crippen LogP contribution in [0, 0.1) is 11.3 Å². The van der Waals surface area contributed by atoms with Crippen molar-refractivity contribution in [3.05, 3.63) is 47.7 Å². The number of hydrogen-bond donors (Lipinski definition) is 1. The fraction of sp³-hybridized carbons (Fsp3) is 0. The van der Waals surface area contributed by atoms with Crippen molar-refractivity contribution in [1.29, 1.82) is 5.26 Å². The van der Waals surface area contributed by atoms with Gasteiger partial charge < -0.3 is 5.11 Å². The largest absolute Gasteiger partial charge is 0.477 e. The third-order valence-electron chi connectivity index (χ3n) is 2.26. The second-order valence-electron chi connectivity index (χ2n) is 3.40. The number of benzene rings is 1. The summed E-state index contributed by atoms with van der Waals surface area (Å²) in [4.78, 5) is 14.9. The lowest BCUT2D eigenvalue weighted by atomic mass is 10.1. The van der Waals surface area contributed by atoms with Gasteiger partial charge in [-0.15, -0.1) is 0 Å². The van der Waals surface area contributed by atoms with E-state index < -0.39 is 5.97 Å². The van der Waals surface area contributed by atoms with Gasteiger partial charge in [0.25, 0.3) is 0 Å². The molecular formula is C13H8N2O2. The molecule has 0 aliphatic carbocycles. The molecule has 1 N–H and O–H groups in total. The molecule has 2 aromatic rings. The lowest BCUT2D eigenvalue weighted by Crippen LogP contribution is -1.97. The molecule has 0 saturated carbocycles. The summed E-state index contributed by atoms with van der Waals surface area (Å²) >= 11 is 0. The summed E-state index contributed by atoms with van der Waals surface area (Å²) in [7, 11) is 0. The minimum absolute atomic E-state index is 0.326. The van der Waals surface area contributed by atoms with Gasteiger partial charge in [-0.3, -0.25) is 0 Å². The van der Waals surface area contributed by atoms with Crippen molar-refractivity contribution in [3.63, 3.8) is 0 Å². The second kappa shape index (κ2) is 4.45. The van der Waals surface area contributed by atoms with Gasteiger partial charge in [-0.25, -0.2) is 9.78 Å². The van der Waals surface area contributed by atoms with E-state index in [0.717, 1.165) is 10.9 Å². The number of para-hydroxylation sites is 1. The number of aliphatic carboxylic acids is 1. The number of aromatic nitrogens is 1. The Hall–Kier alpha value is -2.67. The molecule has 1 aromatic carbocycles. The van der Waals surface area contributed by atoms with E-state index in [9.17, 15) is 4.79 Å². The minimum atomic E-state index is -1.25. The Morgan fingerprint density at radius 1 is 1.29 bits per heavy atom. The fourth-order valence-electron chi connectivity index (χ4n) is 1.45. The highest BCUT2D eigenvalue weighted by atomic mass is 16.4. The van der Waals surface area contributed by atoms with Crippen molar-refractivity contribution >= 4 is 22.9 Å². The molecule has 0 spiro atoms. The molecule has 0 radical (unpaired) electrons. The Labute approximate surface area is 97.5 Å².